The van der Waals surface area contributed by atoms with Gasteiger partial charge < -0.3 is 16.2 Å². The van der Waals surface area contributed by atoms with E-state index in [2.05, 4.69) is 35.9 Å². The molecule has 4 aromatic rings. The van der Waals surface area contributed by atoms with Crippen molar-refractivity contribution in [2.24, 2.45) is 0 Å². The summed E-state index contributed by atoms with van der Waals surface area (Å²) in [5, 5.41) is 0. The van der Waals surface area contributed by atoms with E-state index in [1.165, 1.54) is 11.1 Å². The highest BCUT2D eigenvalue weighted by Gasteiger charge is 2.20. The maximum absolute atomic E-state index is 6.28. The van der Waals surface area contributed by atoms with Crippen LogP contribution >= 0.6 is 0 Å². The van der Waals surface area contributed by atoms with E-state index in [9.17, 15) is 0 Å². The van der Waals surface area contributed by atoms with Gasteiger partial charge in [-0.3, -0.25) is 4.57 Å². The number of aromatic nitrogens is 4. The first-order chi connectivity index (χ1) is 13.4. The number of aryl methyl sites for hydroxylation is 3. The summed E-state index contributed by atoms with van der Waals surface area (Å²) in [6.45, 7) is 6.10. The van der Waals surface area contributed by atoms with Crippen LogP contribution in [0, 0.1) is 20.8 Å². The van der Waals surface area contributed by atoms with Gasteiger partial charge in [-0.05, 0) is 61.7 Å². The first kappa shape index (κ1) is 17.8. The summed E-state index contributed by atoms with van der Waals surface area (Å²) in [6.07, 6.45) is 0. The van der Waals surface area contributed by atoms with Crippen LogP contribution in [0.1, 0.15) is 17.0 Å². The molecular weight excluding hydrogens is 352 g/mol. The molecule has 0 fully saturated rings. The molecule has 0 spiro atoms. The van der Waals surface area contributed by atoms with Gasteiger partial charge in [0.1, 0.15) is 17.4 Å². The lowest BCUT2D eigenvalue weighted by Gasteiger charge is -2.15. The van der Waals surface area contributed by atoms with E-state index in [1.54, 1.807) is 7.11 Å². The standard InChI is InChI=1S/C21H22N6O/c1-11-9-16-17(10-12(11)2)27(13(3)24-16)20-18(19(22)25-21(23)26-20)14-5-7-15(28-4)8-6-14/h5-10H,1-4H3,(H4,22,23,25,26). The number of imidazole rings is 1. The van der Waals surface area contributed by atoms with Crippen LogP contribution in [0.4, 0.5) is 11.8 Å². The third-order valence-electron chi connectivity index (χ3n) is 4.96. The second-order valence-corrected chi connectivity index (χ2v) is 6.81. The van der Waals surface area contributed by atoms with Crippen LogP contribution in [0.5, 0.6) is 5.75 Å². The fourth-order valence-electron chi connectivity index (χ4n) is 3.40. The van der Waals surface area contributed by atoms with Crippen LogP contribution in [-0.4, -0.2) is 26.6 Å². The Kier molecular flexibility index (Phi) is 4.15. The van der Waals surface area contributed by atoms with Crippen molar-refractivity contribution < 1.29 is 4.74 Å². The molecule has 2 aromatic carbocycles. The van der Waals surface area contributed by atoms with E-state index in [4.69, 9.17) is 21.2 Å². The van der Waals surface area contributed by atoms with Gasteiger partial charge in [-0.25, -0.2) is 4.98 Å². The van der Waals surface area contributed by atoms with Gasteiger partial charge in [-0.2, -0.15) is 9.97 Å². The molecule has 7 heteroatoms. The number of nitrogens with zero attached hydrogens (tertiary/aromatic N) is 4. The summed E-state index contributed by atoms with van der Waals surface area (Å²) < 4.78 is 7.24. The number of rotatable bonds is 3. The number of nitrogens with two attached hydrogens (primary N) is 2. The van der Waals surface area contributed by atoms with Gasteiger partial charge in [0, 0.05) is 0 Å². The van der Waals surface area contributed by atoms with Crippen LogP contribution in [0.25, 0.3) is 28.0 Å². The van der Waals surface area contributed by atoms with E-state index in [1.807, 2.05) is 35.8 Å². The van der Waals surface area contributed by atoms with Gasteiger partial charge >= 0.3 is 0 Å². The summed E-state index contributed by atoms with van der Waals surface area (Å²) in [5.41, 5.74) is 18.0. The summed E-state index contributed by atoms with van der Waals surface area (Å²) in [4.78, 5) is 13.4. The fourth-order valence-corrected chi connectivity index (χ4v) is 3.40. The smallest absolute Gasteiger partial charge is 0.224 e. The minimum absolute atomic E-state index is 0.120. The Morgan fingerprint density at radius 2 is 1.57 bits per heavy atom. The lowest BCUT2D eigenvalue weighted by molar-refractivity contribution is 0.415. The maximum Gasteiger partial charge on any atom is 0.224 e. The zero-order valence-corrected chi connectivity index (χ0v) is 16.3. The first-order valence-electron chi connectivity index (χ1n) is 8.93. The lowest BCUT2D eigenvalue weighted by atomic mass is 10.1. The van der Waals surface area contributed by atoms with Crippen molar-refractivity contribution in [3.63, 3.8) is 0 Å². The summed E-state index contributed by atoms with van der Waals surface area (Å²) in [5.74, 6) is 2.61. The Labute approximate surface area is 163 Å². The topological polar surface area (TPSA) is 105 Å². The molecule has 0 unspecified atom stereocenters. The normalized spacial score (nSPS) is 11.1. The van der Waals surface area contributed by atoms with Crippen molar-refractivity contribution in [3.8, 4) is 22.7 Å². The second-order valence-electron chi connectivity index (χ2n) is 6.81. The third-order valence-corrected chi connectivity index (χ3v) is 4.96. The Morgan fingerprint density at radius 1 is 0.893 bits per heavy atom. The molecular formula is C21H22N6O. The molecule has 28 heavy (non-hydrogen) atoms. The highest BCUT2D eigenvalue weighted by atomic mass is 16.5. The number of fused-ring (bicyclic) bond motifs is 1. The summed E-state index contributed by atoms with van der Waals surface area (Å²) >= 11 is 0. The Morgan fingerprint density at radius 3 is 2.25 bits per heavy atom. The van der Waals surface area contributed by atoms with Crippen molar-refractivity contribution in [3.05, 3.63) is 53.3 Å². The molecule has 0 bridgehead atoms. The molecule has 4 N–H and O–H groups in total. The van der Waals surface area contributed by atoms with Gasteiger partial charge in [-0.1, -0.05) is 12.1 Å². The Hall–Kier alpha value is -3.61. The van der Waals surface area contributed by atoms with Crippen LogP contribution in [0.2, 0.25) is 0 Å². The number of benzene rings is 2. The van der Waals surface area contributed by atoms with E-state index in [0.29, 0.717) is 17.2 Å². The van der Waals surface area contributed by atoms with Gasteiger partial charge in [0.15, 0.2) is 5.82 Å². The Balaban J connectivity index is 2.04. The highest BCUT2D eigenvalue weighted by Crippen LogP contribution is 2.34. The molecule has 0 aliphatic carbocycles. The van der Waals surface area contributed by atoms with Crippen LogP contribution < -0.4 is 16.2 Å². The molecule has 0 amide bonds. The van der Waals surface area contributed by atoms with Crippen molar-refractivity contribution in [1.29, 1.82) is 0 Å². The quantitative estimate of drug-likeness (QED) is 0.568. The maximum atomic E-state index is 6.28. The number of hydrogen-bond acceptors (Lipinski definition) is 6. The van der Waals surface area contributed by atoms with Gasteiger partial charge in [0.25, 0.3) is 0 Å². The minimum Gasteiger partial charge on any atom is -0.497 e. The molecule has 142 valence electrons. The van der Waals surface area contributed by atoms with Crippen LogP contribution in [0.15, 0.2) is 36.4 Å². The molecule has 2 heterocycles. The second kappa shape index (κ2) is 6.53. The predicted octanol–water partition coefficient (Wildman–Crippen LogP) is 3.58. The zero-order chi connectivity index (χ0) is 20.0. The number of methoxy groups -OCH3 is 1. The molecule has 7 nitrogen and oxygen atoms in total. The van der Waals surface area contributed by atoms with Crippen molar-refractivity contribution in [1.82, 2.24) is 19.5 Å². The van der Waals surface area contributed by atoms with Gasteiger partial charge in [0.05, 0.1) is 23.7 Å². The number of nitrogen functional groups attached to an aromatic ring is 2. The van der Waals surface area contributed by atoms with E-state index in [0.717, 1.165) is 28.2 Å². The fraction of sp³-hybridized carbons (Fsp3) is 0.190. The molecule has 0 radical (unpaired) electrons. The molecule has 0 aliphatic heterocycles. The lowest BCUT2D eigenvalue weighted by Crippen LogP contribution is -2.10. The van der Waals surface area contributed by atoms with E-state index in [-0.39, 0.29) is 5.95 Å². The Bertz CT molecular complexity index is 1190. The number of ether oxygens (including phenoxy) is 1. The molecule has 2 aromatic heterocycles. The third kappa shape index (κ3) is 2.81. The van der Waals surface area contributed by atoms with Gasteiger partial charge in [0.2, 0.25) is 5.95 Å². The summed E-state index contributed by atoms with van der Waals surface area (Å²) in [6, 6.07) is 11.8. The molecule has 0 saturated carbocycles. The van der Waals surface area contributed by atoms with Crippen LogP contribution in [-0.2, 0) is 0 Å². The van der Waals surface area contributed by atoms with Crippen molar-refractivity contribution >= 4 is 22.8 Å². The molecule has 0 atom stereocenters. The predicted molar refractivity (Wildman–Crippen MR) is 112 cm³/mol. The monoisotopic (exact) mass is 374 g/mol. The highest BCUT2D eigenvalue weighted by molar-refractivity contribution is 5.86. The number of hydrogen-bond donors (Lipinski definition) is 2. The molecule has 4 rings (SSSR count). The van der Waals surface area contributed by atoms with Crippen LogP contribution in [0.3, 0.4) is 0 Å². The van der Waals surface area contributed by atoms with Crippen molar-refractivity contribution in [2.45, 2.75) is 20.8 Å². The van der Waals surface area contributed by atoms with Crippen molar-refractivity contribution in [2.75, 3.05) is 18.6 Å². The average molecular weight is 374 g/mol. The molecule has 0 aliphatic rings. The average Bonchev–Trinajstić information content (AvgIpc) is 2.96. The first-order valence-corrected chi connectivity index (χ1v) is 8.93. The minimum atomic E-state index is 0.120. The number of anilines is 2. The zero-order valence-electron chi connectivity index (χ0n) is 16.3. The van der Waals surface area contributed by atoms with E-state index < -0.39 is 0 Å². The largest absolute Gasteiger partial charge is 0.497 e. The van der Waals surface area contributed by atoms with E-state index >= 15 is 0 Å². The molecule has 0 saturated heterocycles. The SMILES string of the molecule is COc1ccc(-c2c(N)nc(N)nc2-n2c(C)nc3cc(C)c(C)cc32)cc1. The van der Waals surface area contributed by atoms with Gasteiger partial charge in [-0.15, -0.1) is 0 Å². The summed E-state index contributed by atoms with van der Waals surface area (Å²) in [7, 11) is 1.63.